The molecular formula is C21H35N2O3+. The summed E-state index contributed by atoms with van der Waals surface area (Å²) >= 11 is 0. The van der Waals surface area contributed by atoms with Crippen LogP contribution in [-0.4, -0.2) is 30.9 Å². The van der Waals surface area contributed by atoms with Gasteiger partial charge in [0.25, 0.3) is 12.6 Å². The van der Waals surface area contributed by atoms with E-state index in [1.165, 1.54) is 49.8 Å². The monoisotopic (exact) mass is 363 g/mol. The largest absolute Gasteiger partial charge is 0.405 e. The number of rotatable bonds is 13. The smallest absolute Gasteiger partial charge is 0.310 e. The molecule has 146 valence electrons. The van der Waals surface area contributed by atoms with Crippen LogP contribution in [0.1, 0.15) is 81.5 Å². The third-order valence-electron chi connectivity index (χ3n) is 4.37. The van der Waals surface area contributed by atoms with Crippen molar-refractivity contribution in [2.24, 2.45) is 0 Å². The quantitative estimate of drug-likeness (QED) is 0.301. The topological polar surface area (TPSA) is 50.5 Å². The predicted molar refractivity (Wildman–Crippen MR) is 103 cm³/mol. The summed E-state index contributed by atoms with van der Waals surface area (Å²) in [4.78, 5) is 25.3. The lowest BCUT2D eigenvalue weighted by atomic mass is 10.1. The van der Waals surface area contributed by atoms with Gasteiger partial charge in [-0.2, -0.15) is 4.57 Å². The Kier molecular flexibility index (Phi) is 11.3. The number of pyridine rings is 1. The number of hydrogen-bond acceptors (Lipinski definition) is 3. The number of aromatic nitrogens is 1. The van der Waals surface area contributed by atoms with E-state index in [1.807, 2.05) is 0 Å². The lowest BCUT2D eigenvalue weighted by Gasteiger charge is -2.09. The molecule has 1 aromatic heterocycles. The first kappa shape index (κ1) is 22.1. The lowest BCUT2D eigenvalue weighted by Crippen LogP contribution is -2.37. The second-order valence-corrected chi connectivity index (χ2v) is 7.03. The van der Waals surface area contributed by atoms with E-state index in [9.17, 15) is 9.59 Å². The maximum atomic E-state index is 11.9. The van der Waals surface area contributed by atoms with Crippen LogP contribution in [0.4, 0.5) is 0 Å². The molecule has 0 aliphatic heterocycles. The first-order chi connectivity index (χ1) is 12.5. The third-order valence-corrected chi connectivity index (χ3v) is 4.37. The van der Waals surface area contributed by atoms with Crippen molar-refractivity contribution in [1.29, 1.82) is 0 Å². The van der Waals surface area contributed by atoms with Crippen molar-refractivity contribution in [3.8, 4) is 0 Å². The highest BCUT2D eigenvalue weighted by atomic mass is 16.5. The number of esters is 1. The van der Waals surface area contributed by atoms with Gasteiger partial charge < -0.3 is 9.64 Å². The van der Waals surface area contributed by atoms with E-state index < -0.39 is 0 Å². The summed E-state index contributed by atoms with van der Waals surface area (Å²) in [6.45, 7) is 2.38. The molecule has 0 atom stereocenters. The Morgan fingerprint density at radius 2 is 1.62 bits per heavy atom. The van der Waals surface area contributed by atoms with Crippen molar-refractivity contribution in [2.75, 3.05) is 14.1 Å². The molecule has 0 aliphatic rings. The fourth-order valence-corrected chi connectivity index (χ4v) is 2.79. The van der Waals surface area contributed by atoms with Gasteiger partial charge >= 0.3 is 5.97 Å². The van der Waals surface area contributed by atoms with E-state index in [2.05, 4.69) is 6.92 Å². The van der Waals surface area contributed by atoms with Crippen molar-refractivity contribution < 1.29 is 18.9 Å². The molecule has 0 spiro atoms. The van der Waals surface area contributed by atoms with Gasteiger partial charge in [0, 0.05) is 26.6 Å². The molecule has 0 saturated carbocycles. The van der Waals surface area contributed by atoms with Crippen molar-refractivity contribution in [3.63, 3.8) is 0 Å². The van der Waals surface area contributed by atoms with Crippen LogP contribution in [0.2, 0.25) is 0 Å². The average molecular weight is 364 g/mol. The Balaban J connectivity index is 2.15. The number of nitrogens with zero attached hydrogens (tertiary/aromatic N) is 2. The summed E-state index contributed by atoms with van der Waals surface area (Å²) in [7, 11) is 3.43. The highest BCUT2D eigenvalue weighted by molar-refractivity contribution is 5.93. The summed E-state index contributed by atoms with van der Waals surface area (Å²) in [5, 5.41) is 0. The minimum absolute atomic E-state index is 0.0691. The van der Waals surface area contributed by atoms with Crippen LogP contribution in [-0.2, 0) is 16.3 Å². The number of ether oxygens (including phenoxy) is 1. The Hall–Kier alpha value is -1.91. The van der Waals surface area contributed by atoms with Crippen molar-refractivity contribution in [3.05, 3.63) is 30.1 Å². The summed E-state index contributed by atoms with van der Waals surface area (Å²) in [5.74, 6) is -0.245. The van der Waals surface area contributed by atoms with Crippen LogP contribution in [0.5, 0.6) is 0 Å². The SMILES string of the molecule is CCCCCCCCCCCC(=O)OC[n+]1cccc(C(=O)N(C)C)c1. The van der Waals surface area contributed by atoms with Crippen LogP contribution in [0.25, 0.3) is 0 Å². The van der Waals surface area contributed by atoms with Crippen LogP contribution >= 0.6 is 0 Å². The Labute approximate surface area is 158 Å². The van der Waals surface area contributed by atoms with E-state index >= 15 is 0 Å². The van der Waals surface area contributed by atoms with Crippen molar-refractivity contribution in [1.82, 2.24) is 4.90 Å². The number of amides is 1. The predicted octanol–water partition coefficient (Wildman–Crippen LogP) is 4.10. The summed E-state index contributed by atoms with van der Waals surface area (Å²) < 4.78 is 7.01. The van der Waals surface area contributed by atoms with Crippen LogP contribution in [0.15, 0.2) is 24.5 Å². The van der Waals surface area contributed by atoms with Crippen LogP contribution < -0.4 is 4.57 Å². The molecule has 5 nitrogen and oxygen atoms in total. The molecule has 26 heavy (non-hydrogen) atoms. The Bertz CT molecular complexity index is 544. The van der Waals surface area contributed by atoms with E-state index in [0.717, 1.165) is 12.8 Å². The molecule has 0 saturated heterocycles. The van der Waals surface area contributed by atoms with E-state index in [1.54, 1.807) is 43.2 Å². The van der Waals surface area contributed by atoms with Crippen molar-refractivity contribution in [2.45, 2.75) is 77.9 Å². The normalized spacial score (nSPS) is 10.6. The standard InChI is InChI=1S/C21H35N2O3/c1-4-5-6-7-8-9-10-11-12-15-20(24)26-18-23-16-13-14-19(17-23)21(25)22(2)3/h13-14,16-17H,4-12,15,18H2,1-3H3/q+1. The molecule has 1 rings (SSSR count). The lowest BCUT2D eigenvalue weighted by molar-refractivity contribution is -0.727. The fraction of sp³-hybridized carbons (Fsp3) is 0.667. The van der Waals surface area contributed by atoms with Crippen LogP contribution in [0.3, 0.4) is 0 Å². The van der Waals surface area contributed by atoms with Gasteiger partial charge in [-0.3, -0.25) is 9.59 Å². The maximum Gasteiger partial charge on any atom is 0.310 e. The molecular weight excluding hydrogens is 328 g/mol. The van der Waals surface area contributed by atoms with E-state index in [-0.39, 0.29) is 18.6 Å². The van der Waals surface area contributed by atoms with Gasteiger partial charge in [0.1, 0.15) is 5.56 Å². The summed E-state index contributed by atoms with van der Waals surface area (Å²) in [5.41, 5.74) is 0.576. The zero-order valence-corrected chi connectivity index (χ0v) is 16.7. The zero-order chi connectivity index (χ0) is 19.2. The van der Waals surface area contributed by atoms with Gasteiger partial charge in [-0.15, -0.1) is 0 Å². The zero-order valence-electron chi connectivity index (χ0n) is 16.7. The first-order valence-electron chi connectivity index (χ1n) is 9.91. The second kappa shape index (κ2) is 13.3. The highest BCUT2D eigenvalue weighted by Gasteiger charge is 2.13. The summed E-state index contributed by atoms with van der Waals surface area (Å²) in [6, 6.07) is 3.54. The number of carbonyl (C=O) groups excluding carboxylic acids is 2. The van der Waals surface area contributed by atoms with Crippen molar-refractivity contribution >= 4 is 11.9 Å². The Morgan fingerprint density at radius 3 is 2.23 bits per heavy atom. The van der Waals surface area contributed by atoms with E-state index in [4.69, 9.17) is 4.74 Å². The minimum atomic E-state index is -0.176. The second-order valence-electron chi connectivity index (χ2n) is 7.03. The molecule has 1 heterocycles. The maximum absolute atomic E-state index is 11.9. The summed E-state index contributed by atoms with van der Waals surface area (Å²) in [6.07, 6.45) is 15.0. The van der Waals surface area contributed by atoms with Gasteiger partial charge in [-0.25, -0.2) is 0 Å². The number of carbonyl (C=O) groups is 2. The molecule has 5 heteroatoms. The molecule has 0 unspecified atom stereocenters. The first-order valence-corrected chi connectivity index (χ1v) is 9.91. The fourth-order valence-electron chi connectivity index (χ4n) is 2.79. The van der Waals surface area contributed by atoms with Gasteiger partial charge in [-0.05, 0) is 12.5 Å². The molecule has 0 aromatic carbocycles. The number of unbranched alkanes of at least 4 members (excludes halogenated alkanes) is 8. The Morgan fingerprint density at radius 1 is 1.00 bits per heavy atom. The molecule has 0 radical (unpaired) electrons. The molecule has 0 N–H and O–H groups in total. The highest BCUT2D eigenvalue weighted by Crippen LogP contribution is 2.10. The van der Waals surface area contributed by atoms with Crippen LogP contribution in [0, 0.1) is 0 Å². The third kappa shape index (κ3) is 9.54. The number of hydrogen-bond donors (Lipinski definition) is 0. The van der Waals surface area contributed by atoms with Gasteiger partial charge in [0.2, 0.25) is 0 Å². The molecule has 1 aromatic rings. The molecule has 0 aliphatic carbocycles. The molecule has 1 amide bonds. The van der Waals surface area contributed by atoms with Gasteiger partial charge in [0.05, 0.1) is 0 Å². The van der Waals surface area contributed by atoms with Gasteiger partial charge in [-0.1, -0.05) is 58.3 Å². The average Bonchev–Trinajstić information content (AvgIpc) is 2.64. The van der Waals surface area contributed by atoms with Gasteiger partial charge in [0.15, 0.2) is 12.4 Å². The minimum Gasteiger partial charge on any atom is -0.405 e. The van der Waals surface area contributed by atoms with E-state index in [0.29, 0.717) is 12.0 Å². The molecule has 0 fully saturated rings. The molecule has 0 bridgehead atoms.